The first-order chi connectivity index (χ1) is 11.0. The Balaban J connectivity index is 2.00. The molecule has 5 heteroatoms. The molecule has 120 valence electrons. The van der Waals surface area contributed by atoms with Crippen LogP contribution in [0, 0.1) is 11.7 Å². The van der Waals surface area contributed by atoms with E-state index in [0.717, 1.165) is 12.8 Å². The van der Waals surface area contributed by atoms with Crippen molar-refractivity contribution in [2.75, 3.05) is 0 Å². The zero-order valence-electron chi connectivity index (χ0n) is 12.4. The Hall–Kier alpha value is -1.75. The van der Waals surface area contributed by atoms with Crippen molar-refractivity contribution in [2.45, 2.75) is 25.5 Å². The van der Waals surface area contributed by atoms with E-state index in [2.05, 4.69) is 0 Å². The van der Waals surface area contributed by atoms with E-state index >= 15 is 0 Å². The number of ketones is 1. The van der Waals surface area contributed by atoms with Crippen molar-refractivity contribution in [3.63, 3.8) is 0 Å². The molecule has 1 fully saturated rings. The van der Waals surface area contributed by atoms with Crippen molar-refractivity contribution in [3.8, 4) is 0 Å². The minimum atomic E-state index is -0.631. The molecule has 0 amide bonds. The molecule has 2 aromatic carbocycles. The number of carbonyl (C=O) groups excluding carboxylic acids is 1. The molecular weight excluding hydrogens is 317 g/mol. The molecule has 1 atom stereocenters. The van der Waals surface area contributed by atoms with Crippen LogP contribution in [0.15, 0.2) is 36.4 Å². The number of rotatable bonds is 5. The standard InChI is InChI=1S/C18H17ClFNO2/c19-14-8-7-13(17(21)11-5-6-11)16(20)15(14)18(23)12-3-1-10(9-22)2-4-12/h1-4,7-8,11,17,22H,5-6,9,21H2/t17-/m1/s1. The Morgan fingerprint density at radius 3 is 2.48 bits per heavy atom. The molecular formula is C18H17ClFNO2. The van der Waals surface area contributed by atoms with Gasteiger partial charge in [0, 0.05) is 17.2 Å². The number of benzene rings is 2. The second-order valence-electron chi connectivity index (χ2n) is 5.87. The topological polar surface area (TPSA) is 63.3 Å². The number of halogens is 2. The van der Waals surface area contributed by atoms with Crippen molar-refractivity contribution < 1.29 is 14.3 Å². The normalized spacial score (nSPS) is 15.5. The number of aliphatic hydroxyl groups excluding tert-OH is 1. The number of aliphatic hydroxyl groups is 1. The van der Waals surface area contributed by atoms with Crippen LogP contribution < -0.4 is 5.73 Å². The summed E-state index contributed by atoms with van der Waals surface area (Å²) in [6, 6.07) is 9.03. The molecule has 1 aliphatic carbocycles. The first-order valence-corrected chi connectivity index (χ1v) is 7.88. The fourth-order valence-electron chi connectivity index (χ4n) is 2.65. The van der Waals surface area contributed by atoms with E-state index in [1.807, 2.05) is 0 Å². The van der Waals surface area contributed by atoms with Gasteiger partial charge in [-0.05, 0) is 30.4 Å². The largest absolute Gasteiger partial charge is 0.392 e. The zero-order chi connectivity index (χ0) is 16.6. The van der Waals surface area contributed by atoms with Gasteiger partial charge in [0.15, 0.2) is 5.78 Å². The van der Waals surface area contributed by atoms with Crippen LogP contribution in [0.5, 0.6) is 0 Å². The molecule has 2 aromatic rings. The Labute approximate surface area is 138 Å². The van der Waals surface area contributed by atoms with Gasteiger partial charge in [-0.15, -0.1) is 0 Å². The van der Waals surface area contributed by atoms with Crippen LogP contribution in [0.4, 0.5) is 4.39 Å². The summed E-state index contributed by atoms with van der Waals surface area (Å²) in [5.74, 6) is -0.840. The average Bonchev–Trinajstić information content (AvgIpc) is 3.39. The van der Waals surface area contributed by atoms with Gasteiger partial charge in [0.1, 0.15) is 5.82 Å². The zero-order valence-corrected chi connectivity index (χ0v) is 13.2. The summed E-state index contributed by atoms with van der Waals surface area (Å²) in [5, 5.41) is 9.12. The second kappa shape index (κ2) is 6.40. The predicted octanol–water partition coefficient (Wildman–Crippen LogP) is 3.61. The lowest BCUT2D eigenvalue weighted by Crippen LogP contribution is -2.17. The summed E-state index contributed by atoms with van der Waals surface area (Å²) in [5.41, 5.74) is 7.27. The lowest BCUT2D eigenvalue weighted by atomic mass is 9.95. The van der Waals surface area contributed by atoms with E-state index in [0.29, 0.717) is 16.7 Å². The number of nitrogens with two attached hydrogens (primary N) is 1. The van der Waals surface area contributed by atoms with Gasteiger partial charge in [-0.2, -0.15) is 0 Å². The monoisotopic (exact) mass is 333 g/mol. The highest BCUT2D eigenvalue weighted by molar-refractivity contribution is 6.35. The summed E-state index contributed by atoms with van der Waals surface area (Å²) in [6.07, 6.45) is 1.96. The maximum atomic E-state index is 14.8. The smallest absolute Gasteiger partial charge is 0.197 e. The highest BCUT2D eigenvalue weighted by Gasteiger charge is 2.33. The van der Waals surface area contributed by atoms with Crippen molar-refractivity contribution in [1.82, 2.24) is 0 Å². The maximum Gasteiger partial charge on any atom is 0.197 e. The average molecular weight is 334 g/mol. The first kappa shape index (κ1) is 16.1. The maximum absolute atomic E-state index is 14.8. The fraction of sp³-hybridized carbons (Fsp3) is 0.278. The van der Waals surface area contributed by atoms with Gasteiger partial charge in [-0.25, -0.2) is 4.39 Å². The third-order valence-corrected chi connectivity index (χ3v) is 4.55. The van der Waals surface area contributed by atoms with E-state index in [-0.39, 0.29) is 23.1 Å². The molecule has 3 N–H and O–H groups in total. The Bertz CT molecular complexity index is 741. The first-order valence-electron chi connectivity index (χ1n) is 7.51. The third-order valence-electron chi connectivity index (χ3n) is 4.24. The number of hydrogen-bond donors (Lipinski definition) is 2. The van der Waals surface area contributed by atoms with Gasteiger partial charge in [-0.1, -0.05) is 41.9 Å². The van der Waals surface area contributed by atoms with Crippen LogP contribution in [0.25, 0.3) is 0 Å². The summed E-state index contributed by atoms with van der Waals surface area (Å²) < 4.78 is 14.8. The van der Waals surface area contributed by atoms with Gasteiger partial charge in [0.2, 0.25) is 0 Å². The summed E-state index contributed by atoms with van der Waals surface area (Å²) in [4.78, 5) is 12.6. The van der Waals surface area contributed by atoms with E-state index in [9.17, 15) is 9.18 Å². The highest BCUT2D eigenvalue weighted by Crippen LogP contribution is 2.41. The highest BCUT2D eigenvalue weighted by atomic mass is 35.5. The molecule has 0 bridgehead atoms. The fourth-order valence-corrected chi connectivity index (χ4v) is 2.88. The van der Waals surface area contributed by atoms with Crippen molar-refractivity contribution >= 4 is 17.4 Å². The van der Waals surface area contributed by atoms with E-state index in [1.54, 1.807) is 30.3 Å². The Kier molecular flexibility index (Phi) is 4.48. The Morgan fingerprint density at radius 2 is 1.91 bits per heavy atom. The van der Waals surface area contributed by atoms with Gasteiger partial charge in [-0.3, -0.25) is 4.79 Å². The SMILES string of the molecule is N[C@@H](c1ccc(Cl)c(C(=O)c2ccc(CO)cc2)c1F)C1CC1. The second-order valence-corrected chi connectivity index (χ2v) is 6.28. The van der Waals surface area contributed by atoms with Gasteiger partial charge in [0.05, 0.1) is 17.2 Å². The van der Waals surface area contributed by atoms with Crippen molar-refractivity contribution in [1.29, 1.82) is 0 Å². The van der Waals surface area contributed by atoms with Gasteiger partial charge >= 0.3 is 0 Å². The third kappa shape index (κ3) is 3.15. The molecule has 0 aromatic heterocycles. The quantitative estimate of drug-likeness (QED) is 0.821. The molecule has 3 nitrogen and oxygen atoms in total. The van der Waals surface area contributed by atoms with Crippen LogP contribution in [0.1, 0.15) is 45.9 Å². The van der Waals surface area contributed by atoms with E-state index in [4.69, 9.17) is 22.4 Å². The molecule has 1 aliphatic rings. The lowest BCUT2D eigenvalue weighted by Gasteiger charge is -2.15. The minimum Gasteiger partial charge on any atom is -0.392 e. The molecule has 0 radical (unpaired) electrons. The molecule has 0 unspecified atom stereocenters. The number of hydrogen-bond acceptors (Lipinski definition) is 3. The molecule has 0 heterocycles. The summed E-state index contributed by atoms with van der Waals surface area (Å²) in [7, 11) is 0. The number of carbonyl (C=O) groups is 1. The van der Waals surface area contributed by atoms with Crippen LogP contribution in [-0.4, -0.2) is 10.9 Å². The minimum absolute atomic E-state index is 0.0745. The summed E-state index contributed by atoms with van der Waals surface area (Å²) >= 11 is 6.06. The molecule has 23 heavy (non-hydrogen) atoms. The van der Waals surface area contributed by atoms with Gasteiger partial charge < -0.3 is 10.8 Å². The molecule has 0 spiro atoms. The molecule has 3 rings (SSSR count). The van der Waals surface area contributed by atoms with Crippen molar-refractivity contribution in [3.05, 3.63) is 69.5 Å². The molecule has 0 saturated heterocycles. The summed E-state index contributed by atoms with van der Waals surface area (Å²) in [6.45, 7) is -0.116. The van der Waals surface area contributed by atoms with Crippen LogP contribution in [0.3, 0.4) is 0 Å². The predicted molar refractivity (Wildman–Crippen MR) is 86.9 cm³/mol. The van der Waals surface area contributed by atoms with Crippen molar-refractivity contribution in [2.24, 2.45) is 11.7 Å². The van der Waals surface area contributed by atoms with Gasteiger partial charge in [0.25, 0.3) is 0 Å². The lowest BCUT2D eigenvalue weighted by molar-refractivity contribution is 0.103. The molecule has 1 saturated carbocycles. The van der Waals surface area contributed by atoms with E-state index in [1.165, 1.54) is 6.07 Å². The van der Waals surface area contributed by atoms with Crippen LogP contribution in [-0.2, 0) is 6.61 Å². The van der Waals surface area contributed by atoms with E-state index < -0.39 is 17.6 Å². The Morgan fingerprint density at radius 1 is 1.26 bits per heavy atom. The van der Waals surface area contributed by atoms with Crippen LogP contribution in [0.2, 0.25) is 5.02 Å². The molecule has 0 aliphatic heterocycles. The van der Waals surface area contributed by atoms with Crippen LogP contribution >= 0.6 is 11.6 Å².